The lowest BCUT2D eigenvalue weighted by molar-refractivity contribution is -0.139. The molecule has 1 fully saturated rings. The quantitative estimate of drug-likeness (QED) is 0.384. The predicted octanol–water partition coefficient (Wildman–Crippen LogP) is 3.88. The van der Waals surface area contributed by atoms with E-state index in [1.807, 2.05) is 0 Å². The molecule has 1 saturated carbocycles. The fourth-order valence-electron chi connectivity index (χ4n) is 4.70. The number of ether oxygens (including phenoxy) is 1. The van der Waals surface area contributed by atoms with Gasteiger partial charge in [0.15, 0.2) is 0 Å². The van der Waals surface area contributed by atoms with Crippen LogP contribution in [0.3, 0.4) is 0 Å². The van der Waals surface area contributed by atoms with Crippen LogP contribution in [-0.2, 0) is 14.3 Å². The highest BCUT2D eigenvalue weighted by atomic mass is 19.1. The van der Waals surface area contributed by atoms with E-state index in [-0.39, 0.29) is 30.6 Å². The fraction of sp³-hybridized carbons (Fsp3) is 0.385. The van der Waals surface area contributed by atoms with Gasteiger partial charge < -0.3 is 20.5 Å². The number of benzene rings is 1. The normalized spacial score (nSPS) is 14.8. The van der Waals surface area contributed by atoms with Gasteiger partial charge in [-0.1, -0.05) is 19.3 Å². The van der Waals surface area contributed by atoms with Crippen molar-refractivity contribution in [2.24, 2.45) is 5.92 Å². The first kappa shape index (κ1) is 25.2. The summed E-state index contributed by atoms with van der Waals surface area (Å²) in [6.07, 6.45) is 6.51. The summed E-state index contributed by atoms with van der Waals surface area (Å²) >= 11 is 0. The molecule has 1 amide bonds. The number of aromatic nitrogens is 2. The van der Waals surface area contributed by atoms with Crippen LogP contribution < -0.4 is 10.6 Å². The van der Waals surface area contributed by atoms with Crippen molar-refractivity contribution in [1.82, 2.24) is 14.7 Å². The number of aliphatic carboxylic acids is 1. The maximum absolute atomic E-state index is 13.5. The highest BCUT2D eigenvalue weighted by Gasteiger charge is 2.28. The standard InChI is InChI=1S/C26H29FN4O5/c1-36-23(34)15-28-25-24(17-7-9-19(27)10-8-17)30-21-13-18(11-12-31(21)25)26(35)29-20(14-22(32)33)16-5-3-2-4-6-16/h7-13,16,20,28H,2-6,14-15H2,1H3,(H,29,35)(H,32,33). The van der Waals surface area contributed by atoms with Crippen LogP contribution in [0.1, 0.15) is 48.9 Å². The van der Waals surface area contributed by atoms with Crippen LogP contribution in [-0.4, -0.2) is 52.0 Å². The van der Waals surface area contributed by atoms with Crippen LogP contribution in [0.4, 0.5) is 10.2 Å². The van der Waals surface area contributed by atoms with Gasteiger partial charge in [0, 0.05) is 23.4 Å². The van der Waals surface area contributed by atoms with Gasteiger partial charge in [0.1, 0.15) is 29.5 Å². The van der Waals surface area contributed by atoms with Crippen molar-refractivity contribution >= 4 is 29.3 Å². The molecule has 0 bridgehead atoms. The Balaban J connectivity index is 1.64. The lowest BCUT2D eigenvalue weighted by Gasteiger charge is -2.30. The van der Waals surface area contributed by atoms with Gasteiger partial charge in [-0.25, -0.2) is 9.37 Å². The second-order valence-electron chi connectivity index (χ2n) is 8.97. The average Bonchev–Trinajstić information content (AvgIpc) is 3.25. The van der Waals surface area contributed by atoms with Crippen LogP contribution in [0.5, 0.6) is 0 Å². The Morgan fingerprint density at radius 1 is 1.17 bits per heavy atom. The molecule has 2 heterocycles. The Kier molecular flexibility index (Phi) is 7.82. The lowest BCUT2D eigenvalue weighted by Crippen LogP contribution is -2.42. The van der Waals surface area contributed by atoms with E-state index in [1.54, 1.807) is 34.9 Å². The number of carbonyl (C=O) groups excluding carboxylic acids is 2. The van der Waals surface area contributed by atoms with Crippen molar-refractivity contribution in [3.05, 3.63) is 54.0 Å². The summed E-state index contributed by atoms with van der Waals surface area (Å²) < 4.78 is 19.9. The van der Waals surface area contributed by atoms with Crippen molar-refractivity contribution in [2.75, 3.05) is 19.0 Å². The number of methoxy groups -OCH3 is 1. The number of amides is 1. The zero-order valence-electron chi connectivity index (χ0n) is 20.0. The van der Waals surface area contributed by atoms with E-state index in [9.17, 15) is 23.9 Å². The first-order valence-electron chi connectivity index (χ1n) is 12.0. The minimum absolute atomic E-state index is 0.112. The van der Waals surface area contributed by atoms with Gasteiger partial charge in [-0.15, -0.1) is 0 Å². The minimum atomic E-state index is -0.945. The number of esters is 1. The number of rotatable bonds is 9. The van der Waals surface area contributed by atoms with E-state index >= 15 is 0 Å². The summed E-state index contributed by atoms with van der Waals surface area (Å²) in [6, 6.07) is 8.55. The van der Waals surface area contributed by atoms with E-state index in [0.29, 0.717) is 28.3 Å². The van der Waals surface area contributed by atoms with E-state index in [4.69, 9.17) is 4.74 Å². The number of carbonyl (C=O) groups is 3. The number of anilines is 1. The molecule has 10 heteroatoms. The Hall–Kier alpha value is -3.95. The second-order valence-corrected chi connectivity index (χ2v) is 8.97. The van der Waals surface area contributed by atoms with Crippen molar-refractivity contribution in [1.29, 1.82) is 0 Å². The van der Waals surface area contributed by atoms with Crippen molar-refractivity contribution in [2.45, 2.75) is 44.6 Å². The zero-order chi connectivity index (χ0) is 25.7. The van der Waals surface area contributed by atoms with Crippen LogP contribution in [0, 0.1) is 11.7 Å². The molecule has 1 aliphatic rings. The first-order chi connectivity index (χ1) is 17.4. The lowest BCUT2D eigenvalue weighted by atomic mass is 9.82. The molecular weight excluding hydrogens is 467 g/mol. The number of fused-ring (bicyclic) bond motifs is 1. The van der Waals surface area contributed by atoms with Gasteiger partial charge in [-0.05, 0) is 55.2 Å². The summed E-state index contributed by atoms with van der Waals surface area (Å²) in [5.41, 5.74) is 1.87. The smallest absolute Gasteiger partial charge is 0.325 e. The monoisotopic (exact) mass is 496 g/mol. The van der Waals surface area contributed by atoms with Crippen molar-refractivity contribution in [3.8, 4) is 11.3 Å². The van der Waals surface area contributed by atoms with Crippen LogP contribution in [0.25, 0.3) is 16.9 Å². The van der Waals surface area contributed by atoms with Crippen LogP contribution in [0.15, 0.2) is 42.6 Å². The molecule has 4 rings (SSSR count). The molecule has 190 valence electrons. The van der Waals surface area contributed by atoms with E-state index in [1.165, 1.54) is 19.2 Å². The molecule has 9 nitrogen and oxygen atoms in total. The first-order valence-corrected chi connectivity index (χ1v) is 12.0. The van der Waals surface area contributed by atoms with Gasteiger partial charge in [0.25, 0.3) is 5.91 Å². The number of carboxylic acids is 1. The molecule has 0 saturated heterocycles. The Morgan fingerprint density at radius 2 is 1.89 bits per heavy atom. The van der Waals surface area contributed by atoms with Gasteiger partial charge in [0.2, 0.25) is 0 Å². The maximum Gasteiger partial charge on any atom is 0.325 e. The highest BCUT2D eigenvalue weighted by molar-refractivity contribution is 5.96. The largest absolute Gasteiger partial charge is 0.481 e. The number of imidazole rings is 1. The molecular formula is C26H29FN4O5. The predicted molar refractivity (Wildman–Crippen MR) is 131 cm³/mol. The highest BCUT2D eigenvalue weighted by Crippen LogP contribution is 2.30. The number of halogens is 1. The Bertz CT molecular complexity index is 1250. The third-order valence-electron chi connectivity index (χ3n) is 6.56. The molecule has 0 radical (unpaired) electrons. The average molecular weight is 497 g/mol. The topological polar surface area (TPSA) is 122 Å². The van der Waals surface area contributed by atoms with Crippen LogP contribution >= 0.6 is 0 Å². The van der Waals surface area contributed by atoms with E-state index in [0.717, 1.165) is 32.1 Å². The third-order valence-corrected chi connectivity index (χ3v) is 6.56. The fourth-order valence-corrected chi connectivity index (χ4v) is 4.70. The number of nitrogens with one attached hydrogen (secondary N) is 2. The third kappa shape index (κ3) is 5.81. The van der Waals surface area contributed by atoms with Gasteiger partial charge in [-0.2, -0.15) is 0 Å². The molecule has 1 atom stereocenters. The van der Waals surface area contributed by atoms with Crippen molar-refractivity contribution in [3.63, 3.8) is 0 Å². The number of hydrogen-bond donors (Lipinski definition) is 3. The molecule has 36 heavy (non-hydrogen) atoms. The number of hydrogen-bond acceptors (Lipinski definition) is 6. The SMILES string of the molecule is COC(=O)CNc1c(-c2ccc(F)cc2)nc2cc(C(=O)NC(CC(=O)O)C3CCCCC3)ccn12. The molecule has 3 N–H and O–H groups in total. The summed E-state index contributed by atoms with van der Waals surface area (Å²) in [5.74, 6) is -1.56. The summed E-state index contributed by atoms with van der Waals surface area (Å²) in [4.78, 5) is 40.9. The van der Waals surface area contributed by atoms with Crippen molar-refractivity contribution < 1.29 is 28.6 Å². The minimum Gasteiger partial charge on any atom is -0.481 e. The van der Waals surface area contributed by atoms with E-state index < -0.39 is 18.0 Å². The Morgan fingerprint density at radius 3 is 2.56 bits per heavy atom. The van der Waals surface area contributed by atoms with E-state index in [2.05, 4.69) is 15.6 Å². The molecule has 1 aromatic carbocycles. The number of pyridine rings is 1. The number of nitrogens with zero attached hydrogens (tertiary/aromatic N) is 2. The maximum atomic E-state index is 13.5. The molecule has 3 aromatic rings. The van der Waals surface area contributed by atoms with Gasteiger partial charge in [0.05, 0.1) is 13.5 Å². The summed E-state index contributed by atoms with van der Waals surface area (Å²) in [5, 5.41) is 15.3. The summed E-state index contributed by atoms with van der Waals surface area (Å²) in [6.45, 7) is -0.112. The molecule has 0 aliphatic heterocycles. The summed E-state index contributed by atoms with van der Waals surface area (Å²) in [7, 11) is 1.29. The zero-order valence-corrected chi connectivity index (χ0v) is 20.0. The Labute approximate surface area is 207 Å². The molecule has 1 unspecified atom stereocenters. The van der Waals surface area contributed by atoms with Gasteiger partial charge >= 0.3 is 11.9 Å². The second kappa shape index (κ2) is 11.2. The molecule has 2 aromatic heterocycles. The molecule has 1 aliphatic carbocycles. The van der Waals surface area contributed by atoms with Gasteiger partial charge in [-0.3, -0.25) is 18.8 Å². The molecule has 0 spiro atoms. The number of carboxylic acid groups (broad SMARTS) is 1. The van der Waals surface area contributed by atoms with Crippen LogP contribution in [0.2, 0.25) is 0 Å².